The molecule has 0 amide bonds. The lowest BCUT2D eigenvalue weighted by atomic mass is 10.2. The van der Waals surface area contributed by atoms with Gasteiger partial charge < -0.3 is 14.7 Å². The van der Waals surface area contributed by atoms with E-state index in [0.29, 0.717) is 12.1 Å². The minimum atomic E-state index is 0.275. The fraction of sp³-hybridized carbons (Fsp3) is 0.810. The van der Waals surface area contributed by atoms with Crippen molar-refractivity contribution in [1.29, 1.82) is 10.5 Å². The van der Waals surface area contributed by atoms with Gasteiger partial charge in [-0.15, -0.1) is 0 Å². The van der Waals surface area contributed by atoms with Crippen LogP contribution in [0.2, 0.25) is 0 Å². The third-order valence-electron chi connectivity index (χ3n) is 6.60. The Morgan fingerprint density at radius 1 is 0.815 bits per heavy atom. The third kappa shape index (κ3) is 4.75. The molecular formula is C21H34N6. The van der Waals surface area contributed by atoms with E-state index in [4.69, 9.17) is 0 Å². The van der Waals surface area contributed by atoms with Crippen molar-refractivity contribution < 1.29 is 0 Å². The van der Waals surface area contributed by atoms with Crippen LogP contribution in [0.3, 0.4) is 0 Å². The van der Waals surface area contributed by atoms with Gasteiger partial charge in [0.15, 0.2) is 5.57 Å². The summed E-state index contributed by atoms with van der Waals surface area (Å²) in [6, 6.07) is 5.64. The van der Waals surface area contributed by atoms with Crippen LogP contribution in [-0.4, -0.2) is 84.0 Å². The molecule has 0 spiro atoms. The molecule has 2 atom stereocenters. The SMILES string of the molecule is C[C@@H]1CCCN1CCCN1CCN(CCN2CCC[C@H]2C)C1=C(C#N)C#N. The zero-order valence-corrected chi connectivity index (χ0v) is 17.0. The normalized spacial score (nSPS) is 26.6. The molecule has 0 saturated carbocycles. The van der Waals surface area contributed by atoms with Gasteiger partial charge in [0, 0.05) is 51.4 Å². The highest BCUT2D eigenvalue weighted by Crippen LogP contribution is 2.24. The lowest BCUT2D eigenvalue weighted by Gasteiger charge is -2.29. The predicted octanol–water partition coefficient (Wildman–Crippen LogP) is 2.22. The summed E-state index contributed by atoms with van der Waals surface area (Å²) in [4.78, 5) is 9.65. The van der Waals surface area contributed by atoms with Crippen LogP contribution in [-0.2, 0) is 0 Å². The summed E-state index contributed by atoms with van der Waals surface area (Å²) < 4.78 is 0. The highest BCUT2D eigenvalue weighted by atomic mass is 15.4. The molecule has 3 aliphatic rings. The quantitative estimate of drug-likeness (QED) is 0.641. The number of hydrogen-bond donors (Lipinski definition) is 0. The summed E-state index contributed by atoms with van der Waals surface area (Å²) >= 11 is 0. The van der Waals surface area contributed by atoms with Crippen molar-refractivity contribution in [3.63, 3.8) is 0 Å². The summed E-state index contributed by atoms with van der Waals surface area (Å²) in [6.07, 6.45) is 6.28. The Bertz CT molecular complexity index is 599. The molecule has 3 rings (SSSR count). The van der Waals surface area contributed by atoms with E-state index in [1.165, 1.54) is 38.8 Å². The first kappa shape index (κ1) is 20.0. The largest absolute Gasteiger partial charge is 0.355 e. The highest BCUT2D eigenvalue weighted by Gasteiger charge is 2.30. The van der Waals surface area contributed by atoms with Crippen LogP contribution in [0.4, 0.5) is 0 Å². The fourth-order valence-electron chi connectivity index (χ4n) is 4.89. The van der Waals surface area contributed by atoms with E-state index in [-0.39, 0.29) is 5.57 Å². The molecule has 0 aromatic rings. The Morgan fingerprint density at radius 3 is 1.89 bits per heavy atom. The first-order chi connectivity index (χ1) is 13.1. The molecule has 148 valence electrons. The smallest absolute Gasteiger partial charge is 0.169 e. The Balaban J connectivity index is 1.58. The molecule has 3 heterocycles. The average molecular weight is 371 g/mol. The van der Waals surface area contributed by atoms with Gasteiger partial charge in [-0.25, -0.2) is 0 Å². The number of nitriles is 2. The Labute approximate surface area is 164 Å². The molecule has 6 nitrogen and oxygen atoms in total. The summed E-state index contributed by atoms with van der Waals surface area (Å²) in [5, 5.41) is 18.9. The highest BCUT2D eigenvalue weighted by molar-refractivity contribution is 5.40. The number of hydrogen-bond acceptors (Lipinski definition) is 6. The molecule has 0 unspecified atom stereocenters. The maximum atomic E-state index is 9.47. The molecule has 6 heteroatoms. The van der Waals surface area contributed by atoms with Gasteiger partial charge in [-0.3, -0.25) is 4.90 Å². The van der Waals surface area contributed by atoms with Crippen LogP contribution in [0.1, 0.15) is 46.0 Å². The second kappa shape index (κ2) is 9.44. The van der Waals surface area contributed by atoms with Crippen molar-refractivity contribution in [3.05, 3.63) is 11.4 Å². The maximum Gasteiger partial charge on any atom is 0.169 e. The summed E-state index contributed by atoms with van der Waals surface area (Å²) in [6.45, 7) is 12.8. The number of likely N-dealkylation sites (tertiary alicyclic amines) is 2. The van der Waals surface area contributed by atoms with Crippen molar-refractivity contribution in [1.82, 2.24) is 19.6 Å². The predicted molar refractivity (Wildman–Crippen MR) is 107 cm³/mol. The van der Waals surface area contributed by atoms with E-state index in [2.05, 4.69) is 45.6 Å². The Morgan fingerprint density at radius 2 is 1.37 bits per heavy atom. The van der Waals surface area contributed by atoms with E-state index in [9.17, 15) is 10.5 Å². The molecule has 0 N–H and O–H groups in total. The van der Waals surface area contributed by atoms with Gasteiger partial charge in [-0.1, -0.05) is 0 Å². The average Bonchev–Trinajstić information content (AvgIpc) is 3.37. The molecule has 0 aliphatic carbocycles. The van der Waals surface area contributed by atoms with Gasteiger partial charge in [-0.05, 0) is 59.0 Å². The van der Waals surface area contributed by atoms with E-state index in [1.54, 1.807) is 0 Å². The van der Waals surface area contributed by atoms with Crippen LogP contribution >= 0.6 is 0 Å². The van der Waals surface area contributed by atoms with E-state index >= 15 is 0 Å². The maximum absolute atomic E-state index is 9.47. The van der Waals surface area contributed by atoms with Crippen molar-refractivity contribution >= 4 is 0 Å². The second-order valence-corrected chi connectivity index (χ2v) is 8.30. The molecule has 3 fully saturated rings. The van der Waals surface area contributed by atoms with E-state index < -0.39 is 0 Å². The third-order valence-corrected chi connectivity index (χ3v) is 6.60. The number of allylic oxidation sites excluding steroid dienone is 1. The monoisotopic (exact) mass is 370 g/mol. The van der Waals surface area contributed by atoms with Crippen molar-refractivity contribution in [2.45, 2.75) is 58.0 Å². The van der Waals surface area contributed by atoms with Crippen LogP contribution in [0.15, 0.2) is 11.4 Å². The molecule has 3 saturated heterocycles. The summed E-state index contributed by atoms with van der Waals surface area (Å²) in [7, 11) is 0. The fourth-order valence-corrected chi connectivity index (χ4v) is 4.89. The number of rotatable bonds is 7. The summed E-state index contributed by atoms with van der Waals surface area (Å²) in [5.74, 6) is 0.876. The van der Waals surface area contributed by atoms with Gasteiger partial charge in [0.1, 0.15) is 18.0 Å². The van der Waals surface area contributed by atoms with Crippen LogP contribution in [0.5, 0.6) is 0 Å². The van der Waals surface area contributed by atoms with Gasteiger partial charge in [0.05, 0.1) is 0 Å². The van der Waals surface area contributed by atoms with Gasteiger partial charge >= 0.3 is 0 Å². The molecule has 0 bridgehead atoms. The molecule has 0 radical (unpaired) electrons. The Kier molecular flexibility index (Phi) is 6.99. The van der Waals surface area contributed by atoms with E-state index in [0.717, 1.165) is 51.5 Å². The molecule has 3 aliphatic heterocycles. The topological polar surface area (TPSA) is 60.5 Å². The standard InChI is InChI=1S/C21H34N6/c1-18-6-3-8-24(18)10-5-11-26-14-15-27(21(26)20(16-22)17-23)13-12-25-9-4-7-19(25)2/h18-19H,3-15H2,1-2H3/t18-,19-/m1/s1. The van der Waals surface area contributed by atoms with Crippen molar-refractivity contribution in [2.75, 3.05) is 52.4 Å². The first-order valence-electron chi connectivity index (χ1n) is 10.7. The molecule has 0 aromatic carbocycles. The van der Waals surface area contributed by atoms with Gasteiger partial charge in [0.2, 0.25) is 0 Å². The lowest BCUT2D eigenvalue weighted by Crippen LogP contribution is -2.36. The number of nitrogens with zero attached hydrogens (tertiary/aromatic N) is 6. The van der Waals surface area contributed by atoms with Crippen molar-refractivity contribution in [2.24, 2.45) is 0 Å². The zero-order valence-electron chi connectivity index (χ0n) is 17.0. The minimum Gasteiger partial charge on any atom is -0.355 e. The Hall–Kier alpha value is -1.76. The second-order valence-electron chi connectivity index (χ2n) is 8.30. The summed E-state index contributed by atoms with van der Waals surface area (Å²) in [5.41, 5.74) is 0.275. The molecular weight excluding hydrogens is 336 g/mol. The van der Waals surface area contributed by atoms with Crippen LogP contribution in [0, 0.1) is 22.7 Å². The molecule has 27 heavy (non-hydrogen) atoms. The minimum absolute atomic E-state index is 0.275. The van der Waals surface area contributed by atoms with Crippen LogP contribution in [0.25, 0.3) is 0 Å². The van der Waals surface area contributed by atoms with Crippen molar-refractivity contribution in [3.8, 4) is 12.1 Å². The lowest BCUT2D eigenvalue weighted by molar-refractivity contribution is 0.224. The zero-order chi connectivity index (χ0) is 19.2. The van der Waals surface area contributed by atoms with Crippen LogP contribution < -0.4 is 0 Å². The van der Waals surface area contributed by atoms with E-state index in [1.807, 2.05) is 0 Å². The van der Waals surface area contributed by atoms with Gasteiger partial charge in [-0.2, -0.15) is 10.5 Å². The van der Waals surface area contributed by atoms with Gasteiger partial charge in [0.25, 0.3) is 0 Å². The first-order valence-corrected chi connectivity index (χ1v) is 10.7. The molecule has 0 aromatic heterocycles.